The highest BCUT2D eigenvalue weighted by Crippen LogP contribution is 2.00. The maximum Gasteiger partial charge on any atom is 0.00693 e. The van der Waals surface area contributed by atoms with Crippen molar-refractivity contribution in [2.24, 2.45) is 0 Å². The van der Waals surface area contributed by atoms with Gasteiger partial charge in [-0.3, -0.25) is 0 Å². The molecule has 0 heterocycles. The van der Waals surface area contributed by atoms with Gasteiger partial charge in [0.15, 0.2) is 0 Å². The largest absolute Gasteiger partial charge is 0.306 e. The summed E-state index contributed by atoms with van der Waals surface area (Å²) in [7, 11) is 2.22. The van der Waals surface area contributed by atoms with Crippen molar-refractivity contribution in [2.75, 3.05) is 43.7 Å². The second-order valence-corrected chi connectivity index (χ2v) is 5.23. The van der Waals surface area contributed by atoms with Crippen LogP contribution in [0.5, 0.6) is 0 Å². The summed E-state index contributed by atoms with van der Waals surface area (Å²) in [5.41, 5.74) is 0. The highest BCUT2D eigenvalue weighted by Gasteiger charge is 1.96. The number of hydrogen-bond acceptors (Lipinski definition) is 3. The van der Waals surface area contributed by atoms with Crippen molar-refractivity contribution in [1.82, 2.24) is 4.90 Å². The quantitative estimate of drug-likeness (QED) is 0.563. The summed E-state index contributed by atoms with van der Waals surface area (Å²) in [6.45, 7) is 4.72. The molecule has 0 amide bonds. The van der Waals surface area contributed by atoms with E-state index in [1.54, 1.807) is 0 Å². The molecular formula is C9H21NS2. The summed E-state index contributed by atoms with van der Waals surface area (Å²) in [6, 6.07) is 0. The second kappa shape index (κ2) is 9.75. The van der Waals surface area contributed by atoms with E-state index in [0.717, 1.165) is 0 Å². The molecule has 74 valence electrons. The van der Waals surface area contributed by atoms with Gasteiger partial charge in [-0.15, -0.1) is 0 Å². The van der Waals surface area contributed by atoms with Gasteiger partial charge in [0, 0.05) is 12.3 Å². The lowest BCUT2D eigenvalue weighted by Gasteiger charge is -2.15. The van der Waals surface area contributed by atoms with Gasteiger partial charge in [-0.25, -0.2) is 0 Å². The molecule has 0 spiro atoms. The van der Waals surface area contributed by atoms with Crippen molar-refractivity contribution < 1.29 is 0 Å². The Morgan fingerprint density at radius 1 is 1.17 bits per heavy atom. The van der Waals surface area contributed by atoms with Crippen LogP contribution in [0.3, 0.4) is 0 Å². The Balaban J connectivity index is 3.04. The standard InChI is InChI=1S/C9H21NS2/c1-4-12-9-7-10(2)6-5-8-11-3/h4-9H2,1-3H3. The fourth-order valence-corrected chi connectivity index (χ4v) is 2.10. The molecule has 1 nitrogen and oxygen atoms in total. The van der Waals surface area contributed by atoms with Gasteiger partial charge in [-0.2, -0.15) is 23.5 Å². The van der Waals surface area contributed by atoms with Crippen LogP contribution in [0.25, 0.3) is 0 Å². The van der Waals surface area contributed by atoms with E-state index >= 15 is 0 Å². The first-order valence-electron chi connectivity index (χ1n) is 4.56. The van der Waals surface area contributed by atoms with Gasteiger partial charge in [0.25, 0.3) is 0 Å². The zero-order chi connectivity index (χ0) is 9.23. The topological polar surface area (TPSA) is 3.24 Å². The fraction of sp³-hybridized carbons (Fsp3) is 1.00. The zero-order valence-corrected chi connectivity index (χ0v) is 10.1. The molecule has 0 N–H and O–H groups in total. The van der Waals surface area contributed by atoms with Gasteiger partial charge in [-0.1, -0.05) is 6.92 Å². The van der Waals surface area contributed by atoms with Crippen molar-refractivity contribution in [3.63, 3.8) is 0 Å². The van der Waals surface area contributed by atoms with Crippen molar-refractivity contribution in [3.8, 4) is 0 Å². The number of rotatable bonds is 8. The minimum absolute atomic E-state index is 1.24. The Hall–Kier alpha value is 0.660. The van der Waals surface area contributed by atoms with E-state index in [-0.39, 0.29) is 0 Å². The van der Waals surface area contributed by atoms with Crippen molar-refractivity contribution in [3.05, 3.63) is 0 Å². The molecule has 3 heteroatoms. The van der Waals surface area contributed by atoms with E-state index in [2.05, 4.69) is 25.1 Å². The molecule has 0 aromatic rings. The fourth-order valence-electron chi connectivity index (χ4n) is 0.955. The van der Waals surface area contributed by atoms with Crippen LogP contribution in [0.4, 0.5) is 0 Å². The van der Waals surface area contributed by atoms with E-state index in [0.29, 0.717) is 0 Å². The molecule has 0 saturated carbocycles. The number of nitrogens with zero attached hydrogens (tertiary/aromatic N) is 1. The molecule has 0 aliphatic heterocycles. The third kappa shape index (κ3) is 8.75. The van der Waals surface area contributed by atoms with Crippen LogP contribution in [0.2, 0.25) is 0 Å². The second-order valence-electron chi connectivity index (χ2n) is 2.85. The first-order chi connectivity index (χ1) is 5.81. The predicted molar refractivity (Wildman–Crippen MR) is 63.5 cm³/mol. The Morgan fingerprint density at radius 3 is 2.50 bits per heavy atom. The maximum absolute atomic E-state index is 2.43. The summed E-state index contributed by atoms with van der Waals surface area (Å²) in [5.74, 6) is 3.83. The Kier molecular flexibility index (Phi) is 10.3. The average molecular weight is 207 g/mol. The predicted octanol–water partition coefficient (Wildman–Crippen LogP) is 2.42. The first-order valence-corrected chi connectivity index (χ1v) is 7.11. The van der Waals surface area contributed by atoms with Crippen LogP contribution in [0.15, 0.2) is 0 Å². The van der Waals surface area contributed by atoms with Crippen molar-refractivity contribution in [1.29, 1.82) is 0 Å². The lowest BCUT2D eigenvalue weighted by molar-refractivity contribution is 0.357. The van der Waals surface area contributed by atoms with Gasteiger partial charge in [0.05, 0.1) is 0 Å². The normalized spacial score (nSPS) is 11.0. The first kappa shape index (κ1) is 12.7. The molecule has 0 unspecified atom stereocenters. The van der Waals surface area contributed by atoms with Crippen molar-refractivity contribution >= 4 is 23.5 Å². The SMILES string of the molecule is CCSCCN(C)CCCSC. The molecule has 0 aliphatic rings. The average Bonchev–Trinajstić information content (AvgIpc) is 2.06. The Labute approximate surface area is 85.7 Å². The number of hydrogen-bond donors (Lipinski definition) is 0. The van der Waals surface area contributed by atoms with Crippen LogP contribution < -0.4 is 0 Å². The summed E-state index contributed by atoms with van der Waals surface area (Å²) in [4.78, 5) is 2.43. The molecule has 0 aliphatic carbocycles. The monoisotopic (exact) mass is 207 g/mol. The van der Waals surface area contributed by atoms with Gasteiger partial charge in [0.2, 0.25) is 0 Å². The van der Waals surface area contributed by atoms with Crippen LogP contribution in [0, 0.1) is 0 Å². The highest BCUT2D eigenvalue weighted by molar-refractivity contribution is 7.99. The molecule has 0 rings (SSSR count). The maximum atomic E-state index is 2.43. The van der Waals surface area contributed by atoms with Crippen LogP contribution in [0.1, 0.15) is 13.3 Å². The highest BCUT2D eigenvalue weighted by atomic mass is 32.2. The van der Waals surface area contributed by atoms with Gasteiger partial charge >= 0.3 is 0 Å². The zero-order valence-electron chi connectivity index (χ0n) is 8.51. The van der Waals surface area contributed by atoms with Gasteiger partial charge < -0.3 is 4.90 Å². The Morgan fingerprint density at radius 2 is 1.92 bits per heavy atom. The molecule has 0 aromatic heterocycles. The minimum Gasteiger partial charge on any atom is -0.306 e. The minimum atomic E-state index is 1.24. The number of thioether (sulfide) groups is 2. The molecule has 0 atom stereocenters. The van der Waals surface area contributed by atoms with E-state index in [9.17, 15) is 0 Å². The summed E-state index contributed by atoms with van der Waals surface area (Å²) in [5, 5.41) is 0. The summed E-state index contributed by atoms with van der Waals surface area (Å²) in [6.07, 6.45) is 3.50. The third-order valence-corrected chi connectivity index (χ3v) is 3.29. The van der Waals surface area contributed by atoms with E-state index in [1.165, 1.54) is 36.8 Å². The lowest BCUT2D eigenvalue weighted by Crippen LogP contribution is -2.22. The molecule has 0 bridgehead atoms. The molecule has 0 aromatic carbocycles. The van der Waals surface area contributed by atoms with Crippen LogP contribution >= 0.6 is 23.5 Å². The molecular weight excluding hydrogens is 186 g/mol. The molecule has 0 fully saturated rings. The summed E-state index contributed by atoms with van der Waals surface area (Å²) < 4.78 is 0. The van der Waals surface area contributed by atoms with Gasteiger partial charge in [-0.05, 0) is 37.8 Å². The van der Waals surface area contributed by atoms with E-state index < -0.39 is 0 Å². The lowest BCUT2D eigenvalue weighted by atomic mass is 10.4. The van der Waals surface area contributed by atoms with Crippen LogP contribution in [-0.2, 0) is 0 Å². The molecule has 0 radical (unpaired) electrons. The smallest absolute Gasteiger partial charge is 0.00693 e. The molecule has 0 saturated heterocycles. The van der Waals surface area contributed by atoms with Gasteiger partial charge in [0.1, 0.15) is 0 Å². The third-order valence-electron chi connectivity index (χ3n) is 1.71. The molecule has 12 heavy (non-hydrogen) atoms. The van der Waals surface area contributed by atoms with Crippen LogP contribution in [-0.4, -0.2) is 48.6 Å². The van der Waals surface area contributed by atoms with Crippen molar-refractivity contribution in [2.45, 2.75) is 13.3 Å². The summed E-state index contributed by atoms with van der Waals surface area (Å²) >= 11 is 3.97. The van der Waals surface area contributed by atoms with E-state index in [4.69, 9.17) is 0 Å². The van der Waals surface area contributed by atoms with E-state index in [1.807, 2.05) is 23.5 Å². The Bertz CT molecular complexity index is 78.6.